The number of carbonyl (C=O) groups excluding carboxylic acids is 2. The van der Waals surface area contributed by atoms with Crippen LogP contribution in [0.2, 0.25) is 0 Å². The second-order valence-electron chi connectivity index (χ2n) is 11.8. The summed E-state index contributed by atoms with van der Waals surface area (Å²) in [4.78, 5) is 27.4. The molecule has 2 aliphatic rings. The zero-order valence-corrected chi connectivity index (χ0v) is 26.0. The number of aryl methyl sites for hydroxylation is 2. The SMILES string of the molecule is COc1cc(OC(=O)c2ccc(C)cc2)ccc1C1=CCC2(C)NC(C)(C)C=C(C)C2=C1COC(=O)c1ccc(C)s1. The van der Waals surface area contributed by atoms with E-state index in [1.54, 1.807) is 37.4 Å². The Morgan fingerprint density at radius 2 is 1.69 bits per heavy atom. The maximum absolute atomic E-state index is 13.0. The molecule has 0 bridgehead atoms. The average molecular weight is 584 g/mol. The molecule has 0 saturated carbocycles. The van der Waals surface area contributed by atoms with Crippen molar-refractivity contribution in [3.05, 3.63) is 110 Å². The van der Waals surface area contributed by atoms with E-state index >= 15 is 0 Å². The Bertz CT molecular complexity index is 1640. The molecule has 1 unspecified atom stereocenters. The standard InChI is InChI=1S/C35H37NO5S/c1-21-8-11-24(12-9-21)32(37)41-25-13-14-27(29(18-25)39-7)26-16-17-35(6)31(22(2)19-34(4,5)36-35)28(26)20-40-33(38)30-15-10-23(3)42-30/h8-16,18-19,36H,17,20H2,1-7H3. The summed E-state index contributed by atoms with van der Waals surface area (Å²) in [7, 11) is 1.60. The quantitative estimate of drug-likeness (QED) is 0.228. The zero-order valence-electron chi connectivity index (χ0n) is 25.2. The predicted molar refractivity (Wildman–Crippen MR) is 167 cm³/mol. The lowest BCUT2D eigenvalue weighted by molar-refractivity contribution is 0.0546. The van der Waals surface area contributed by atoms with E-state index in [0.717, 1.165) is 44.7 Å². The van der Waals surface area contributed by atoms with Crippen LogP contribution in [0.5, 0.6) is 11.5 Å². The molecule has 0 saturated heterocycles. The van der Waals surface area contributed by atoms with Gasteiger partial charge in [-0.2, -0.15) is 0 Å². The van der Waals surface area contributed by atoms with Gasteiger partial charge in [0.2, 0.25) is 0 Å². The van der Waals surface area contributed by atoms with Gasteiger partial charge in [0.25, 0.3) is 0 Å². The first-order valence-electron chi connectivity index (χ1n) is 14.0. The van der Waals surface area contributed by atoms with E-state index in [4.69, 9.17) is 14.2 Å². The third-order valence-electron chi connectivity index (χ3n) is 7.71. The number of thiophene rings is 1. The fraction of sp³-hybridized carbons (Fsp3) is 0.314. The molecule has 1 aromatic heterocycles. The van der Waals surface area contributed by atoms with Crippen molar-refractivity contribution in [1.82, 2.24) is 5.32 Å². The first-order valence-corrected chi connectivity index (χ1v) is 14.8. The molecular formula is C35H37NO5S. The van der Waals surface area contributed by atoms with Crippen LogP contribution in [0.4, 0.5) is 0 Å². The lowest BCUT2D eigenvalue weighted by atomic mass is 9.69. The molecule has 1 atom stereocenters. The molecule has 6 nitrogen and oxygen atoms in total. The van der Waals surface area contributed by atoms with Crippen LogP contribution in [-0.4, -0.2) is 36.7 Å². The average Bonchev–Trinajstić information content (AvgIpc) is 3.37. The first kappa shape index (κ1) is 29.5. The minimum absolute atomic E-state index is 0.104. The van der Waals surface area contributed by atoms with Gasteiger partial charge in [-0.15, -0.1) is 11.3 Å². The van der Waals surface area contributed by atoms with E-state index in [-0.39, 0.29) is 23.7 Å². The summed E-state index contributed by atoms with van der Waals surface area (Å²) in [5.74, 6) is 0.160. The van der Waals surface area contributed by atoms with Gasteiger partial charge >= 0.3 is 11.9 Å². The molecule has 42 heavy (non-hydrogen) atoms. The van der Waals surface area contributed by atoms with Crippen molar-refractivity contribution >= 4 is 28.8 Å². The highest BCUT2D eigenvalue weighted by Gasteiger charge is 2.42. The van der Waals surface area contributed by atoms with Crippen LogP contribution < -0.4 is 14.8 Å². The van der Waals surface area contributed by atoms with Crippen molar-refractivity contribution in [2.24, 2.45) is 0 Å². The number of nitrogens with one attached hydrogen (secondary N) is 1. The van der Waals surface area contributed by atoms with E-state index in [0.29, 0.717) is 21.9 Å². The van der Waals surface area contributed by atoms with E-state index in [9.17, 15) is 9.59 Å². The lowest BCUT2D eigenvalue weighted by Gasteiger charge is -2.47. The van der Waals surface area contributed by atoms with Gasteiger partial charge in [0.15, 0.2) is 0 Å². The Hall–Kier alpha value is -3.94. The van der Waals surface area contributed by atoms with Gasteiger partial charge in [0.1, 0.15) is 23.0 Å². The molecule has 218 valence electrons. The highest BCUT2D eigenvalue weighted by Crippen LogP contribution is 2.47. The van der Waals surface area contributed by atoms with Gasteiger partial charge in [0.05, 0.1) is 12.7 Å². The number of carbonyl (C=O) groups is 2. The first-order chi connectivity index (χ1) is 19.9. The fourth-order valence-electron chi connectivity index (χ4n) is 6.14. The minimum atomic E-state index is -0.437. The molecule has 1 N–H and O–H groups in total. The van der Waals surface area contributed by atoms with Crippen LogP contribution in [0.3, 0.4) is 0 Å². The Morgan fingerprint density at radius 3 is 2.36 bits per heavy atom. The lowest BCUT2D eigenvalue weighted by Crippen LogP contribution is -2.57. The molecule has 5 rings (SSSR count). The number of hydrogen-bond donors (Lipinski definition) is 1. The van der Waals surface area contributed by atoms with E-state index < -0.39 is 5.97 Å². The van der Waals surface area contributed by atoms with E-state index in [1.165, 1.54) is 11.3 Å². The number of hydrogen-bond acceptors (Lipinski definition) is 7. The molecular weight excluding hydrogens is 546 g/mol. The third-order valence-corrected chi connectivity index (χ3v) is 8.69. The van der Waals surface area contributed by atoms with Gasteiger partial charge in [0, 0.05) is 33.2 Å². The molecule has 3 aromatic rings. The van der Waals surface area contributed by atoms with Crippen LogP contribution >= 0.6 is 11.3 Å². The monoisotopic (exact) mass is 583 g/mol. The second-order valence-corrected chi connectivity index (χ2v) is 13.1. The minimum Gasteiger partial charge on any atom is -0.496 e. The summed E-state index contributed by atoms with van der Waals surface area (Å²) in [5.41, 5.74) is 5.95. The second kappa shape index (κ2) is 11.4. The topological polar surface area (TPSA) is 73.9 Å². The normalized spacial score (nSPS) is 19.4. The highest BCUT2D eigenvalue weighted by molar-refractivity contribution is 7.13. The molecule has 2 aromatic carbocycles. The summed E-state index contributed by atoms with van der Waals surface area (Å²) in [6.07, 6.45) is 5.14. The number of esters is 2. The van der Waals surface area contributed by atoms with Crippen LogP contribution in [0.25, 0.3) is 5.57 Å². The summed E-state index contributed by atoms with van der Waals surface area (Å²) < 4.78 is 17.4. The molecule has 1 aliphatic carbocycles. The maximum atomic E-state index is 13.0. The van der Waals surface area contributed by atoms with Crippen LogP contribution in [-0.2, 0) is 4.74 Å². The van der Waals surface area contributed by atoms with Gasteiger partial charge in [-0.25, -0.2) is 9.59 Å². The summed E-state index contributed by atoms with van der Waals surface area (Å²) in [6.45, 7) is 12.7. The number of benzene rings is 2. The van der Waals surface area contributed by atoms with Crippen LogP contribution in [0.15, 0.2) is 83.5 Å². The van der Waals surface area contributed by atoms with Crippen molar-refractivity contribution in [3.8, 4) is 11.5 Å². The molecule has 2 heterocycles. The maximum Gasteiger partial charge on any atom is 0.348 e. The number of methoxy groups -OCH3 is 1. The zero-order chi connectivity index (χ0) is 30.2. The highest BCUT2D eigenvalue weighted by atomic mass is 32.1. The van der Waals surface area contributed by atoms with Gasteiger partial charge in [-0.1, -0.05) is 29.8 Å². The van der Waals surface area contributed by atoms with Crippen molar-refractivity contribution < 1.29 is 23.8 Å². The van der Waals surface area contributed by atoms with Crippen molar-refractivity contribution in [1.29, 1.82) is 0 Å². The molecule has 0 radical (unpaired) electrons. The van der Waals surface area contributed by atoms with Crippen LogP contribution in [0.1, 0.15) is 70.1 Å². The van der Waals surface area contributed by atoms with Crippen molar-refractivity contribution in [3.63, 3.8) is 0 Å². The number of fused-ring (bicyclic) bond motifs is 1. The predicted octanol–water partition coefficient (Wildman–Crippen LogP) is 7.62. The Kier molecular flexibility index (Phi) is 8.01. The van der Waals surface area contributed by atoms with Crippen molar-refractivity contribution in [2.45, 2.75) is 59.0 Å². The third kappa shape index (κ3) is 5.98. The molecule has 1 aliphatic heterocycles. The summed E-state index contributed by atoms with van der Waals surface area (Å²) >= 11 is 1.42. The summed E-state index contributed by atoms with van der Waals surface area (Å²) in [6, 6.07) is 16.4. The number of rotatable bonds is 7. The Balaban J connectivity index is 1.51. The van der Waals surface area contributed by atoms with Gasteiger partial charge in [-0.05, 0) is 101 Å². The molecule has 0 amide bonds. The largest absolute Gasteiger partial charge is 0.496 e. The molecule has 7 heteroatoms. The van der Waals surface area contributed by atoms with E-state index in [2.05, 4.69) is 45.2 Å². The van der Waals surface area contributed by atoms with Gasteiger partial charge in [-0.3, -0.25) is 5.32 Å². The Morgan fingerprint density at radius 1 is 0.952 bits per heavy atom. The fourth-order valence-corrected chi connectivity index (χ4v) is 6.90. The molecule has 0 fully saturated rings. The smallest absolute Gasteiger partial charge is 0.348 e. The Labute approximate surface area is 251 Å². The van der Waals surface area contributed by atoms with Crippen LogP contribution in [0, 0.1) is 13.8 Å². The van der Waals surface area contributed by atoms with Gasteiger partial charge < -0.3 is 14.2 Å². The van der Waals surface area contributed by atoms with E-state index in [1.807, 2.05) is 38.1 Å². The number of ether oxygens (including phenoxy) is 3. The van der Waals surface area contributed by atoms with Crippen molar-refractivity contribution in [2.75, 3.05) is 13.7 Å². The summed E-state index contributed by atoms with van der Waals surface area (Å²) in [5, 5.41) is 3.80. The molecule has 0 spiro atoms.